The third kappa shape index (κ3) is 7.21. The highest BCUT2D eigenvalue weighted by Crippen LogP contribution is 2.49. The normalized spacial score (nSPS) is 11.4. The van der Waals surface area contributed by atoms with Crippen LogP contribution in [0.4, 0.5) is 22.7 Å². The smallest absolute Gasteiger partial charge is 0.0445 e. The molecule has 0 saturated carbocycles. The average Bonchev–Trinajstić information content (AvgIpc) is 3.24. The first-order chi connectivity index (χ1) is 28.2. The molecule has 8 rings (SSSR count). The molecular formula is C52H52N4P2. The number of rotatable bonds is 11. The Kier molecular flexibility index (Phi) is 11.3. The van der Waals surface area contributed by atoms with Crippen LogP contribution in [0.5, 0.6) is 0 Å². The second kappa shape index (κ2) is 16.7. The molecule has 0 spiro atoms. The number of hydrogen-bond donors (Lipinski definition) is 0. The van der Waals surface area contributed by atoms with Crippen molar-refractivity contribution in [2.45, 2.75) is 0 Å². The molecule has 0 radical (unpaired) electrons. The summed E-state index contributed by atoms with van der Waals surface area (Å²) in [6.07, 6.45) is 0. The van der Waals surface area contributed by atoms with E-state index in [2.05, 4.69) is 246 Å². The molecular weight excluding hydrogens is 743 g/mol. The zero-order valence-electron chi connectivity index (χ0n) is 34.8. The SMILES string of the molecule is CN(C)c1ccccc1P(c1ccccc1N(C)C)c1ccc2ccccc2c1-c1c(P(c2ccccc2N(C)C)c2ccccc2N(C)C)ccc2ccccc12. The molecule has 0 aliphatic heterocycles. The van der Waals surface area contributed by atoms with Gasteiger partial charge in [0.25, 0.3) is 0 Å². The molecule has 0 bridgehead atoms. The molecule has 0 fully saturated rings. The first-order valence-corrected chi connectivity index (χ1v) is 22.5. The molecule has 0 heterocycles. The first kappa shape index (κ1) is 39.2. The minimum absolute atomic E-state index is 1.09. The van der Waals surface area contributed by atoms with Crippen LogP contribution in [0.15, 0.2) is 170 Å². The predicted octanol–water partition coefficient (Wildman–Crippen LogP) is 9.44. The fraction of sp³-hybridized carbons (Fsp3) is 0.154. The van der Waals surface area contributed by atoms with E-state index in [4.69, 9.17) is 0 Å². The van der Waals surface area contributed by atoms with E-state index in [0.29, 0.717) is 0 Å². The largest absolute Gasteiger partial charge is 0.377 e. The van der Waals surface area contributed by atoms with E-state index in [1.165, 1.54) is 87.2 Å². The fourth-order valence-electron chi connectivity index (χ4n) is 8.32. The average molecular weight is 795 g/mol. The van der Waals surface area contributed by atoms with Gasteiger partial charge in [-0.1, -0.05) is 146 Å². The van der Waals surface area contributed by atoms with Crippen molar-refractivity contribution in [1.29, 1.82) is 0 Å². The van der Waals surface area contributed by atoms with Gasteiger partial charge in [0.15, 0.2) is 0 Å². The number of benzene rings is 8. The Bertz CT molecular complexity index is 2450. The van der Waals surface area contributed by atoms with Gasteiger partial charge in [0, 0.05) is 100 Å². The molecule has 0 amide bonds. The zero-order valence-corrected chi connectivity index (χ0v) is 36.6. The quantitative estimate of drug-likeness (QED) is 0.121. The predicted molar refractivity (Wildman–Crippen MR) is 262 cm³/mol. The Morgan fingerprint density at radius 2 is 0.517 bits per heavy atom. The zero-order chi connectivity index (χ0) is 40.5. The summed E-state index contributed by atoms with van der Waals surface area (Å²) in [5.41, 5.74) is 7.58. The Morgan fingerprint density at radius 1 is 0.259 bits per heavy atom. The number of fused-ring (bicyclic) bond motifs is 2. The number of para-hydroxylation sites is 4. The standard InChI is InChI=1S/C52H52N4P2/c1-53(2)41-25-13-17-29-45(41)57(46-30-18-14-26-42(46)54(3)4)49-35-33-37-21-9-11-23-39(37)51(49)52-40-24-12-10-22-38(40)34-36-50(52)58(47-31-19-15-27-43(47)55(5)6)48-32-20-16-28-44(48)56(7)8/h9-36H,1-8H3. The van der Waals surface area contributed by atoms with Gasteiger partial charge in [-0.2, -0.15) is 0 Å². The summed E-state index contributed by atoms with van der Waals surface area (Å²) in [6, 6.07) is 63.8. The second-order valence-corrected chi connectivity index (χ2v) is 19.8. The van der Waals surface area contributed by atoms with E-state index in [-0.39, 0.29) is 0 Å². The summed E-state index contributed by atoms with van der Waals surface area (Å²) in [5.74, 6) is 0. The fourth-order valence-corrected chi connectivity index (χ4v) is 14.2. The Hall–Kier alpha value is -5.66. The second-order valence-electron chi connectivity index (χ2n) is 15.6. The van der Waals surface area contributed by atoms with Crippen LogP contribution in [-0.4, -0.2) is 56.4 Å². The molecule has 0 atom stereocenters. The van der Waals surface area contributed by atoms with Gasteiger partial charge in [-0.25, -0.2) is 0 Å². The summed E-state index contributed by atoms with van der Waals surface area (Å²) in [7, 11) is 15.2. The molecule has 0 unspecified atom stereocenters. The molecule has 0 N–H and O–H groups in total. The van der Waals surface area contributed by atoms with Crippen molar-refractivity contribution in [2.24, 2.45) is 0 Å². The molecule has 0 aliphatic rings. The van der Waals surface area contributed by atoms with Gasteiger partial charge in [-0.15, -0.1) is 0 Å². The summed E-state index contributed by atoms with van der Waals surface area (Å²) in [6.45, 7) is 0. The van der Waals surface area contributed by atoms with E-state index in [0.717, 1.165) is 0 Å². The lowest BCUT2D eigenvalue weighted by Crippen LogP contribution is -2.31. The van der Waals surface area contributed by atoms with Crippen molar-refractivity contribution in [1.82, 2.24) is 0 Å². The molecule has 0 aromatic heterocycles. The molecule has 4 nitrogen and oxygen atoms in total. The van der Waals surface area contributed by atoms with Gasteiger partial charge in [-0.05, 0) is 83.4 Å². The number of nitrogens with zero attached hydrogens (tertiary/aromatic N) is 4. The highest BCUT2D eigenvalue weighted by molar-refractivity contribution is 7.81. The first-order valence-electron chi connectivity index (χ1n) is 19.8. The highest BCUT2D eigenvalue weighted by Gasteiger charge is 2.32. The monoisotopic (exact) mass is 794 g/mol. The van der Waals surface area contributed by atoms with Crippen molar-refractivity contribution in [2.75, 3.05) is 76.0 Å². The van der Waals surface area contributed by atoms with Gasteiger partial charge in [0.2, 0.25) is 0 Å². The van der Waals surface area contributed by atoms with Crippen LogP contribution in [0, 0.1) is 0 Å². The summed E-state index contributed by atoms with van der Waals surface area (Å²) in [4.78, 5) is 9.12. The van der Waals surface area contributed by atoms with Crippen molar-refractivity contribution < 1.29 is 0 Å². The van der Waals surface area contributed by atoms with Crippen LogP contribution in [-0.2, 0) is 0 Å². The summed E-state index contributed by atoms with van der Waals surface area (Å²) < 4.78 is 0. The van der Waals surface area contributed by atoms with E-state index in [1.807, 2.05) is 0 Å². The molecule has 0 saturated heterocycles. The lowest BCUT2D eigenvalue weighted by Gasteiger charge is -2.33. The van der Waals surface area contributed by atoms with Crippen LogP contribution in [0.3, 0.4) is 0 Å². The van der Waals surface area contributed by atoms with Crippen molar-refractivity contribution in [3.63, 3.8) is 0 Å². The van der Waals surface area contributed by atoms with Gasteiger partial charge in [0.1, 0.15) is 0 Å². The number of anilines is 4. The Labute approximate surface area is 347 Å². The van der Waals surface area contributed by atoms with Crippen LogP contribution < -0.4 is 51.4 Å². The van der Waals surface area contributed by atoms with Gasteiger partial charge in [0.05, 0.1) is 0 Å². The number of hydrogen-bond acceptors (Lipinski definition) is 4. The van der Waals surface area contributed by atoms with E-state index in [9.17, 15) is 0 Å². The van der Waals surface area contributed by atoms with Crippen LogP contribution in [0.1, 0.15) is 0 Å². The highest BCUT2D eigenvalue weighted by atomic mass is 31.1. The van der Waals surface area contributed by atoms with E-state index >= 15 is 0 Å². The third-order valence-electron chi connectivity index (χ3n) is 11.0. The topological polar surface area (TPSA) is 13.0 Å². The van der Waals surface area contributed by atoms with E-state index in [1.54, 1.807) is 0 Å². The van der Waals surface area contributed by atoms with Gasteiger partial charge in [-0.3, -0.25) is 0 Å². The Morgan fingerprint density at radius 3 is 0.810 bits per heavy atom. The maximum atomic E-state index is 2.46. The van der Waals surface area contributed by atoms with Crippen molar-refractivity contribution in [3.05, 3.63) is 170 Å². The molecule has 8 aromatic rings. The summed E-state index contributed by atoms with van der Waals surface area (Å²) >= 11 is 0. The maximum absolute atomic E-state index is 2.46. The molecule has 0 aliphatic carbocycles. The van der Waals surface area contributed by atoms with E-state index < -0.39 is 15.8 Å². The van der Waals surface area contributed by atoms with Crippen LogP contribution in [0.2, 0.25) is 0 Å². The van der Waals surface area contributed by atoms with Crippen molar-refractivity contribution in [3.8, 4) is 11.1 Å². The van der Waals surface area contributed by atoms with Crippen molar-refractivity contribution >= 4 is 92.0 Å². The minimum Gasteiger partial charge on any atom is -0.377 e. The minimum atomic E-state index is -1.09. The lowest BCUT2D eigenvalue weighted by molar-refractivity contribution is 1.14. The van der Waals surface area contributed by atoms with Gasteiger partial charge < -0.3 is 19.6 Å². The third-order valence-corrected chi connectivity index (χ3v) is 16.1. The molecule has 290 valence electrons. The van der Waals surface area contributed by atoms with Crippen LogP contribution >= 0.6 is 15.8 Å². The Balaban J connectivity index is 1.59. The van der Waals surface area contributed by atoms with Gasteiger partial charge >= 0.3 is 0 Å². The lowest BCUT2D eigenvalue weighted by atomic mass is 9.93. The molecule has 8 aromatic carbocycles. The maximum Gasteiger partial charge on any atom is 0.0445 e. The molecule has 58 heavy (non-hydrogen) atoms. The molecule has 6 heteroatoms. The summed E-state index contributed by atoms with van der Waals surface area (Å²) in [5, 5.41) is 13.1. The van der Waals surface area contributed by atoms with Crippen LogP contribution in [0.25, 0.3) is 32.7 Å².